The lowest BCUT2D eigenvalue weighted by Gasteiger charge is -2.32. The molecule has 2 saturated heterocycles. The number of hydrogen-bond donors (Lipinski definition) is 8. The zero-order valence-corrected chi connectivity index (χ0v) is 61.3. The Bertz CT molecular complexity index is 3250. The number of carbonyl (C=O) groups is 10. The fraction of sp³-hybridized carbons (Fsp3) is 0.525. The molecular weight excluding hydrogens is 1290 g/mol. The Labute approximate surface area is 602 Å². The number of ether oxygens (including phenoxy) is 2. The van der Waals surface area contributed by atoms with Gasteiger partial charge in [-0.2, -0.15) is 0 Å². The fourth-order valence-corrected chi connectivity index (χ4v) is 13.4. The molecule has 7 rings (SSSR count). The van der Waals surface area contributed by atoms with Gasteiger partial charge in [0.25, 0.3) is 0 Å². The highest BCUT2D eigenvalue weighted by atomic mass is 16.6. The van der Waals surface area contributed by atoms with Crippen LogP contribution in [0.3, 0.4) is 0 Å². The molecule has 4 aromatic carbocycles. The van der Waals surface area contributed by atoms with Crippen molar-refractivity contribution >= 4 is 59.4 Å². The zero-order valence-electron chi connectivity index (χ0n) is 61.3. The normalized spacial score (nSPS) is 24.4. The van der Waals surface area contributed by atoms with Crippen molar-refractivity contribution in [1.82, 2.24) is 52.3 Å². The molecule has 0 saturated carbocycles. The Hall–Kier alpha value is -9.34. The minimum atomic E-state index is -1.19. The first-order valence-electron chi connectivity index (χ1n) is 36.6. The van der Waals surface area contributed by atoms with Crippen molar-refractivity contribution in [2.45, 2.75) is 208 Å². The van der Waals surface area contributed by atoms with Gasteiger partial charge in [-0.15, -0.1) is 0 Å². The highest BCUT2D eigenvalue weighted by molar-refractivity contribution is 5.97. The molecular formula is C80H110N10O12. The van der Waals surface area contributed by atoms with Crippen LogP contribution in [-0.4, -0.2) is 144 Å². The standard InChI is InChI=1S/C80H110N10O12/c1-51(2)43-65-55(9)45-61(47-57-27-15-11-16-28-57)77(97)89-41-25-37-67(89)73(93)88-70(54(7)8)76(96)84-64(36-24-40-82-80(100)102-50-60-33-21-14-22-34-60)72(92)86-66(44-52(3)4)56(10)46-62(48-58-29-17-12-18-30-58)78(98)90-42-26-38-68(90)74(94)87-69(53(5)6)75(95)83-63(71(91)85-65)35-23-39-81-79(99)101-49-59-31-19-13-20-32-59/h11-22,27-34,45-46,51-54,61-70H,23-26,35-44,47-50H2,1-10H3,(H,81,99)(H,82,100)(H,83,95)(H,84,96)(H,85,91)(H,86,92)(H,87,94)(H,88,93)/b55-45+,56-46+/t61-,62-,63+,64+,65?,66?,67+,68+,69+,70+/m1/s1. The molecule has 0 radical (unpaired) electrons. The monoisotopic (exact) mass is 1400 g/mol. The summed E-state index contributed by atoms with van der Waals surface area (Å²) in [5.41, 5.74) is 4.62. The second kappa shape index (κ2) is 40.3. The summed E-state index contributed by atoms with van der Waals surface area (Å²) in [7, 11) is 0. The van der Waals surface area contributed by atoms with Crippen LogP contribution in [0.5, 0.6) is 0 Å². The van der Waals surface area contributed by atoms with Crippen molar-refractivity contribution in [1.29, 1.82) is 0 Å². The minimum Gasteiger partial charge on any atom is -0.445 e. The SMILES string of the molecule is C/C1=C\[C@H](Cc2ccccc2)C(=O)N2CCC[C@H]2C(=O)N[C@@H](C(C)C)C(=O)N[C@@H](CCCNC(=O)OCc2ccccc2)C(=O)NC(CC(C)C)/C(C)=C/[C@H](Cc2ccccc2)C(=O)N2CCC[C@H]2C(=O)N[C@@H](C(C)C)C(=O)N[C@@H](CCCNC(=O)OCc2ccccc2)C(=O)NC1CC(C)C. The molecule has 2 fully saturated rings. The van der Waals surface area contributed by atoms with Crippen LogP contribution in [0.15, 0.2) is 145 Å². The largest absolute Gasteiger partial charge is 0.445 e. The predicted molar refractivity (Wildman–Crippen MR) is 392 cm³/mol. The summed E-state index contributed by atoms with van der Waals surface area (Å²) in [5, 5.41) is 23.9. The molecule has 2 unspecified atom stereocenters. The molecule has 22 heteroatoms. The van der Waals surface area contributed by atoms with Gasteiger partial charge in [-0.25, -0.2) is 9.59 Å². The maximum Gasteiger partial charge on any atom is 0.407 e. The Balaban J connectivity index is 1.27. The Morgan fingerprint density at radius 3 is 1.08 bits per heavy atom. The van der Waals surface area contributed by atoms with Crippen LogP contribution in [0.4, 0.5) is 9.59 Å². The molecule has 3 heterocycles. The lowest BCUT2D eigenvalue weighted by molar-refractivity contribution is -0.142. The summed E-state index contributed by atoms with van der Waals surface area (Å²) in [6.07, 6.45) is 5.86. The highest BCUT2D eigenvalue weighted by Gasteiger charge is 2.42. The van der Waals surface area contributed by atoms with E-state index in [0.29, 0.717) is 49.7 Å². The van der Waals surface area contributed by atoms with Crippen molar-refractivity contribution in [3.8, 4) is 0 Å². The van der Waals surface area contributed by atoms with Gasteiger partial charge < -0.3 is 61.8 Å². The van der Waals surface area contributed by atoms with E-state index in [9.17, 15) is 28.8 Å². The summed E-state index contributed by atoms with van der Waals surface area (Å²) in [6.45, 7) is 19.6. The molecule has 22 nitrogen and oxygen atoms in total. The van der Waals surface area contributed by atoms with Gasteiger partial charge in [0, 0.05) is 26.2 Å². The molecule has 0 spiro atoms. The van der Waals surface area contributed by atoms with Gasteiger partial charge in [0.15, 0.2) is 0 Å². The minimum absolute atomic E-state index is 0.0162. The molecule has 102 heavy (non-hydrogen) atoms. The van der Waals surface area contributed by atoms with E-state index in [-0.39, 0.29) is 102 Å². The number of alkyl carbamates (subject to hydrolysis) is 2. The van der Waals surface area contributed by atoms with Crippen molar-refractivity contribution in [3.63, 3.8) is 0 Å². The number of benzene rings is 4. The Kier molecular flexibility index (Phi) is 31.6. The summed E-state index contributed by atoms with van der Waals surface area (Å²) in [5.74, 6) is -6.73. The third-order valence-electron chi connectivity index (χ3n) is 19.0. The average Bonchev–Trinajstić information content (AvgIpc) is 1.65. The maximum atomic E-state index is 15.4. The second-order valence-corrected chi connectivity index (χ2v) is 29.0. The third kappa shape index (κ3) is 25.0. The number of fused-ring (bicyclic) bond motifs is 2. The lowest BCUT2D eigenvalue weighted by Crippen LogP contribution is -2.59. The maximum absolute atomic E-state index is 15.4. The van der Waals surface area contributed by atoms with Gasteiger partial charge in [-0.3, -0.25) is 38.4 Å². The first kappa shape index (κ1) is 80.0. The van der Waals surface area contributed by atoms with Crippen LogP contribution in [0.25, 0.3) is 0 Å². The molecule has 552 valence electrons. The van der Waals surface area contributed by atoms with Crippen molar-refractivity contribution < 1.29 is 57.4 Å². The number of carbonyl (C=O) groups excluding carboxylic acids is 10. The van der Waals surface area contributed by atoms with E-state index in [0.717, 1.165) is 22.3 Å². The number of nitrogens with one attached hydrogen (secondary N) is 8. The van der Waals surface area contributed by atoms with Crippen molar-refractivity contribution in [2.24, 2.45) is 35.5 Å². The third-order valence-corrected chi connectivity index (χ3v) is 19.0. The lowest BCUT2D eigenvalue weighted by atomic mass is 9.90. The molecule has 10 amide bonds. The summed E-state index contributed by atoms with van der Waals surface area (Å²) >= 11 is 0. The van der Waals surface area contributed by atoms with Gasteiger partial charge in [-0.05, 0) is 137 Å². The molecule has 0 aliphatic carbocycles. The van der Waals surface area contributed by atoms with Gasteiger partial charge in [-0.1, -0.05) is 200 Å². The van der Waals surface area contributed by atoms with Gasteiger partial charge in [0.05, 0.1) is 23.9 Å². The average molecular weight is 1400 g/mol. The van der Waals surface area contributed by atoms with Crippen LogP contribution in [0, 0.1) is 35.5 Å². The fourth-order valence-electron chi connectivity index (χ4n) is 13.4. The van der Waals surface area contributed by atoms with Gasteiger partial charge in [0.2, 0.25) is 47.3 Å². The molecule has 4 aromatic rings. The topological polar surface area (TPSA) is 292 Å². The summed E-state index contributed by atoms with van der Waals surface area (Å²) < 4.78 is 10.9. The molecule has 10 atom stereocenters. The van der Waals surface area contributed by atoms with Gasteiger partial charge in [0.1, 0.15) is 49.5 Å². The number of nitrogens with zero attached hydrogens (tertiary/aromatic N) is 2. The van der Waals surface area contributed by atoms with E-state index in [1.54, 1.807) is 37.5 Å². The smallest absolute Gasteiger partial charge is 0.407 e. The number of amides is 10. The first-order valence-corrected chi connectivity index (χ1v) is 36.6. The van der Waals surface area contributed by atoms with Crippen LogP contribution in [0.1, 0.15) is 156 Å². The van der Waals surface area contributed by atoms with Crippen LogP contribution >= 0.6 is 0 Å². The van der Waals surface area contributed by atoms with E-state index in [2.05, 4.69) is 42.5 Å². The number of rotatable bonds is 22. The van der Waals surface area contributed by atoms with Crippen LogP contribution in [0.2, 0.25) is 0 Å². The van der Waals surface area contributed by atoms with Crippen LogP contribution < -0.4 is 42.5 Å². The highest BCUT2D eigenvalue weighted by Crippen LogP contribution is 2.29. The van der Waals surface area contributed by atoms with Crippen LogP contribution in [-0.2, 0) is 73.9 Å². The second-order valence-electron chi connectivity index (χ2n) is 29.0. The molecule has 0 aromatic heterocycles. The van der Waals surface area contributed by atoms with E-state index < -0.39 is 120 Å². The summed E-state index contributed by atoms with van der Waals surface area (Å²) in [4.78, 5) is 150. The quantitative estimate of drug-likeness (QED) is 0.0270. The van der Waals surface area contributed by atoms with E-state index in [4.69, 9.17) is 9.47 Å². The van der Waals surface area contributed by atoms with Crippen molar-refractivity contribution in [2.75, 3.05) is 26.2 Å². The molecule has 0 bridgehead atoms. The molecule has 8 N–H and O–H groups in total. The molecule has 3 aliphatic rings. The van der Waals surface area contributed by atoms with E-state index >= 15 is 19.2 Å². The zero-order chi connectivity index (χ0) is 73.8. The van der Waals surface area contributed by atoms with E-state index in [1.807, 2.05) is 175 Å². The van der Waals surface area contributed by atoms with Gasteiger partial charge >= 0.3 is 12.2 Å². The first-order chi connectivity index (χ1) is 48.8. The van der Waals surface area contributed by atoms with E-state index in [1.165, 1.54) is 0 Å². The van der Waals surface area contributed by atoms with Crippen molar-refractivity contribution in [3.05, 3.63) is 167 Å². The Morgan fingerprint density at radius 2 is 0.755 bits per heavy atom. The predicted octanol–water partition coefficient (Wildman–Crippen LogP) is 9.32. The molecule has 3 aliphatic heterocycles. The Morgan fingerprint density at radius 1 is 0.431 bits per heavy atom. The number of hydrogen-bond acceptors (Lipinski definition) is 12. The summed E-state index contributed by atoms with van der Waals surface area (Å²) in [6, 6.07) is 29.4.